The van der Waals surface area contributed by atoms with Crippen LogP contribution in [0.3, 0.4) is 0 Å². The molecular weight excluding hydrogens is 190 g/mol. The monoisotopic (exact) mass is 209 g/mol. The van der Waals surface area contributed by atoms with Gasteiger partial charge in [-0.25, -0.2) is 4.98 Å². The average molecular weight is 209 g/mol. The molecule has 0 unspecified atom stereocenters. The maximum absolute atomic E-state index is 5.01. The second-order valence-corrected chi connectivity index (χ2v) is 4.22. The first-order chi connectivity index (χ1) is 7.40. The fourth-order valence-corrected chi connectivity index (χ4v) is 2.17. The first-order valence-corrected chi connectivity index (χ1v) is 5.80. The van der Waals surface area contributed by atoms with Gasteiger partial charge in [0.25, 0.3) is 0 Å². The average Bonchev–Trinajstić information content (AvgIpc) is 2.87. The van der Waals surface area contributed by atoms with Gasteiger partial charge < -0.3 is 4.74 Å². The van der Waals surface area contributed by atoms with Crippen molar-refractivity contribution in [1.82, 2.24) is 15.2 Å². The number of H-pyrrole nitrogens is 1. The predicted octanol–water partition coefficient (Wildman–Crippen LogP) is 2.04. The fraction of sp³-hybridized carbons (Fsp3) is 0.818. The molecule has 1 aromatic heterocycles. The molecule has 1 saturated carbocycles. The van der Waals surface area contributed by atoms with Crippen molar-refractivity contribution >= 4 is 0 Å². The quantitative estimate of drug-likeness (QED) is 0.755. The molecule has 0 radical (unpaired) electrons. The number of hydrogen-bond donors (Lipinski definition) is 1. The normalized spacial score (nSPS) is 17.4. The van der Waals surface area contributed by atoms with Crippen LogP contribution in [-0.4, -0.2) is 28.9 Å². The first kappa shape index (κ1) is 10.6. The molecule has 0 spiro atoms. The summed E-state index contributed by atoms with van der Waals surface area (Å²) < 4.78 is 5.01. The molecule has 4 nitrogen and oxygen atoms in total. The van der Waals surface area contributed by atoms with Crippen LogP contribution in [0.4, 0.5) is 0 Å². The van der Waals surface area contributed by atoms with E-state index in [9.17, 15) is 0 Å². The van der Waals surface area contributed by atoms with Crippen molar-refractivity contribution in [1.29, 1.82) is 0 Å². The van der Waals surface area contributed by atoms with Crippen LogP contribution in [0.15, 0.2) is 0 Å². The molecule has 1 fully saturated rings. The molecular formula is C11H19N3O. The van der Waals surface area contributed by atoms with Crippen LogP contribution in [-0.2, 0) is 11.2 Å². The standard InChI is InChI=1S/C11H19N3O/c1-15-8-4-7-10-12-11(14-13-10)9-5-2-3-6-9/h9H,2-8H2,1H3,(H,12,13,14). The summed E-state index contributed by atoms with van der Waals surface area (Å²) in [5.74, 6) is 2.64. The molecule has 0 bridgehead atoms. The molecule has 1 aliphatic rings. The molecule has 0 atom stereocenters. The van der Waals surface area contributed by atoms with Crippen molar-refractivity contribution in [2.45, 2.75) is 44.4 Å². The highest BCUT2D eigenvalue weighted by molar-refractivity contribution is 4.99. The van der Waals surface area contributed by atoms with E-state index in [1.165, 1.54) is 25.7 Å². The number of hydrogen-bond acceptors (Lipinski definition) is 3. The van der Waals surface area contributed by atoms with E-state index >= 15 is 0 Å². The van der Waals surface area contributed by atoms with E-state index < -0.39 is 0 Å². The van der Waals surface area contributed by atoms with Gasteiger partial charge in [-0.2, -0.15) is 5.10 Å². The van der Waals surface area contributed by atoms with Crippen molar-refractivity contribution < 1.29 is 4.74 Å². The van der Waals surface area contributed by atoms with Crippen molar-refractivity contribution in [2.24, 2.45) is 0 Å². The van der Waals surface area contributed by atoms with E-state index in [1.807, 2.05) is 0 Å². The molecule has 4 heteroatoms. The highest BCUT2D eigenvalue weighted by Crippen LogP contribution is 2.31. The largest absolute Gasteiger partial charge is 0.385 e. The Morgan fingerprint density at radius 3 is 2.93 bits per heavy atom. The summed E-state index contributed by atoms with van der Waals surface area (Å²) in [5.41, 5.74) is 0. The SMILES string of the molecule is COCCCc1nc(C2CCCC2)n[nH]1. The molecule has 15 heavy (non-hydrogen) atoms. The lowest BCUT2D eigenvalue weighted by Gasteiger charge is -2.00. The molecule has 0 aliphatic heterocycles. The van der Waals surface area contributed by atoms with E-state index in [4.69, 9.17) is 4.74 Å². The fourth-order valence-electron chi connectivity index (χ4n) is 2.17. The maximum atomic E-state index is 5.01. The molecule has 2 rings (SSSR count). The molecule has 0 saturated heterocycles. The van der Waals surface area contributed by atoms with Crippen LogP contribution in [0.2, 0.25) is 0 Å². The third-order valence-corrected chi connectivity index (χ3v) is 3.03. The molecule has 1 N–H and O–H groups in total. The second kappa shape index (κ2) is 5.26. The predicted molar refractivity (Wildman–Crippen MR) is 57.8 cm³/mol. The minimum Gasteiger partial charge on any atom is -0.385 e. The number of aryl methyl sites for hydroxylation is 1. The Morgan fingerprint density at radius 2 is 2.20 bits per heavy atom. The first-order valence-electron chi connectivity index (χ1n) is 5.80. The summed E-state index contributed by atoms with van der Waals surface area (Å²) in [6.07, 6.45) is 7.13. The highest BCUT2D eigenvalue weighted by Gasteiger charge is 2.20. The molecule has 0 aromatic carbocycles. The Bertz CT molecular complexity index is 292. The van der Waals surface area contributed by atoms with E-state index in [2.05, 4.69) is 15.2 Å². The van der Waals surface area contributed by atoms with Crippen molar-refractivity contribution in [3.63, 3.8) is 0 Å². The van der Waals surface area contributed by atoms with E-state index in [-0.39, 0.29) is 0 Å². The zero-order chi connectivity index (χ0) is 10.5. The van der Waals surface area contributed by atoms with Crippen molar-refractivity contribution in [2.75, 3.05) is 13.7 Å². The van der Waals surface area contributed by atoms with Gasteiger partial charge in [-0.15, -0.1) is 0 Å². The van der Waals surface area contributed by atoms with Crippen molar-refractivity contribution in [3.05, 3.63) is 11.6 Å². The number of aromatic nitrogens is 3. The Labute approximate surface area is 90.4 Å². The summed E-state index contributed by atoms with van der Waals surface area (Å²) >= 11 is 0. The minimum absolute atomic E-state index is 0.609. The molecule has 1 aromatic rings. The lowest BCUT2D eigenvalue weighted by Crippen LogP contribution is -1.96. The number of rotatable bonds is 5. The number of aromatic amines is 1. The van der Waals surface area contributed by atoms with Crippen LogP contribution < -0.4 is 0 Å². The van der Waals surface area contributed by atoms with Crippen LogP contribution in [0.25, 0.3) is 0 Å². The number of methoxy groups -OCH3 is 1. The van der Waals surface area contributed by atoms with Crippen molar-refractivity contribution in [3.8, 4) is 0 Å². The molecule has 84 valence electrons. The minimum atomic E-state index is 0.609. The van der Waals surface area contributed by atoms with Gasteiger partial charge in [-0.1, -0.05) is 12.8 Å². The third-order valence-electron chi connectivity index (χ3n) is 3.03. The Morgan fingerprint density at radius 1 is 1.40 bits per heavy atom. The lowest BCUT2D eigenvalue weighted by atomic mass is 10.1. The highest BCUT2D eigenvalue weighted by atomic mass is 16.5. The molecule has 0 amide bonds. The number of ether oxygens (including phenoxy) is 1. The molecule has 1 aliphatic carbocycles. The number of nitrogens with zero attached hydrogens (tertiary/aromatic N) is 2. The van der Waals surface area contributed by atoms with E-state index in [0.29, 0.717) is 5.92 Å². The van der Waals surface area contributed by atoms with E-state index in [0.717, 1.165) is 31.1 Å². The summed E-state index contributed by atoms with van der Waals surface area (Å²) in [6, 6.07) is 0. The summed E-state index contributed by atoms with van der Waals surface area (Å²) in [5, 5.41) is 7.32. The van der Waals surface area contributed by atoms with Gasteiger partial charge in [0.05, 0.1) is 0 Å². The van der Waals surface area contributed by atoms with E-state index in [1.54, 1.807) is 7.11 Å². The summed E-state index contributed by atoms with van der Waals surface area (Å²) in [7, 11) is 1.73. The van der Waals surface area contributed by atoms with Gasteiger partial charge in [-0.05, 0) is 19.3 Å². The molecule has 1 heterocycles. The maximum Gasteiger partial charge on any atom is 0.153 e. The summed E-state index contributed by atoms with van der Waals surface area (Å²) in [6.45, 7) is 0.791. The van der Waals surface area contributed by atoms with Gasteiger partial charge in [0.15, 0.2) is 5.82 Å². The zero-order valence-electron chi connectivity index (χ0n) is 9.33. The third kappa shape index (κ3) is 2.78. The van der Waals surface area contributed by atoms with Gasteiger partial charge >= 0.3 is 0 Å². The smallest absolute Gasteiger partial charge is 0.153 e. The van der Waals surface area contributed by atoms with Crippen LogP contribution in [0.1, 0.15) is 49.7 Å². The van der Waals surface area contributed by atoms with Gasteiger partial charge in [0.2, 0.25) is 0 Å². The number of nitrogens with one attached hydrogen (secondary N) is 1. The van der Waals surface area contributed by atoms with Crippen LogP contribution in [0, 0.1) is 0 Å². The Hall–Kier alpha value is -0.900. The summed E-state index contributed by atoms with van der Waals surface area (Å²) in [4.78, 5) is 4.54. The Kier molecular flexibility index (Phi) is 3.72. The second-order valence-electron chi connectivity index (χ2n) is 4.22. The van der Waals surface area contributed by atoms with Gasteiger partial charge in [-0.3, -0.25) is 5.10 Å². The van der Waals surface area contributed by atoms with Gasteiger partial charge in [0.1, 0.15) is 5.82 Å². The Balaban J connectivity index is 1.86. The zero-order valence-corrected chi connectivity index (χ0v) is 9.33. The topological polar surface area (TPSA) is 50.8 Å². The van der Waals surface area contributed by atoms with Crippen LogP contribution in [0.5, 0.6) is 0 Å². The van der Waals surface area contributed by atoms with Crippen LogP contribution >= 0.6 is 0 Å². The van der Waals surface area contributed by atoms with Gasteiger partial charge in [0, 0.05) is 26.1 Å². The lowest BCUT2D eigenvalue weighted by molar-refractivity contribution is 0.194.